The maximum Gasteiger partial charge on any atom is 0.219 e. The number of carbonyl (C=O) groups excluding carboxylic acids is 1. The maximum atomic E-state index is 11.3. The second-order valence-corrected chi connectivity index (χ2v) is 5.80. The second-order valence-electron chi connectivity index (χ2n) is 3.79. The number of thiophene rings is 1. The summed E-state index contributed by atoms with van der Waals surface area (Å²) in [5.74, 6) is 0.189. The van der Waals surface area contributed by atoms with Crippen LogP contribution in [0.15, 0.2) is 6.07 Å². The van der Waals surface area contributed by atoms with Crippen molar-refractivity contribution in [2.75, 3.05) is 11.9 Å². The Morgan fingerprint density at radius 1 is 1.67 bits per heavy atom. The highest BCUT2D eigenvalue weighted by Crippen LogP contribution is 2.28. The highest BCUT2D eigenvalue weighted by molar-refractivity contribution is 9.09. The molecule has 0 aromatic carbocycles. The fourth-order valence-electron chi connectivity index (χ4n) is 1.88. The van der Waals surface area contributed by atoms with Gasteiger partial charge in [0.25, 0.3) is 0 Å². The lowest BCUT2D eigenvalue weighted by Crippen LogP contribution is -2.33. The van der Waals surface area contributed by atoms with Crippen molar-refractivity contribution in [1.29, 1.82) is 0 Å². The van der Waals surface area contributed by atoms with Crippen molar-refractivity contribution < 1.29 is 4.79 Å². The Morgan fingerprint density at radius 3 is 3.13 bits per heavy atom. The SMILES string of the molecule is CC(=O)N1CCc2sc(CCBr)cc2C1. The number of alkyl halides is 1. The summed E-state index contributed by atoms with van der Waals surface area (Å²) in [4.78, 5) is 16.1. The number of hydrogen-bond donors (Lipinski definition) is 0. The second kappa shape index (κ2) is 4.66. The first-order valence-electron chi connectivity index (χ1n) is 5.12. The van der Waals surface area contributed by atoms with Gasteiger partial charge in [0.15, 0.2) is 0 Å². The number of fused-ring (bicyclic) bond motifs is 1. The highest BCUT2D eigenvalue weighted by Gasteiger charge is 2.20. The van der Waals surface area contributed by atoms with Crippen LogP contribution in [0, 0.1) is 0 Å². The number of carbonyl (C=O) groups is 1. The summed E-state index contributed by atoms with van der Waals surface area (Å²) in [6.07, 6.45) is 2.12. The fraction of sp³-hybridized carbons (Fsp3) is 0.545. The van der Waals surface area contributed by atoms with Gasteiger partial charge in [-0.3, -0.25) is 4.79 Å². The predicted octanol–water partition coefficient (Wildman–Crippen LogP) is 2.59. The minimum Gasteiger partial charge on any atom is -0.338 e. The lowest BCUT2D eigenvalue weighted by atomic mass is 10.1. The molecule has 0 bridgehead atoms. The van der Waals surface area contributed by atoms with Crippen LogP contribution in [0.1, 0.15) is 22.2 Å². The first-order valence-corrected chi connectivity index (χ1v) is 7.06. The first kappa shape index (κ1) is 11.1. The van der Waals surface area contributed by atoms with Crippen molar-refractivity contribution in [2.45, 2.75) is 26.3 Å². The Labute approximate surface area is 102 Å². The van der Waals surface area contributed by atoms with E-state index in [9.17, 15) is 4.79 Å². The van der Waals surface area contributed by atoms with Crippen LogP contribution in [0.2, 0.25) is 0 Å². The standard InChI is InChI=1S/C11H14BrNOS/c1-8(14)13-5-3-11-9(7-13)6-10(15-11)2-4-12/h6H,2-5,7H2,1H3. The average molecular weight is 288 g/mol. The molecule has 0 saturated carbocycles. The van der Waals surface area contributed by atoms with Crippen molar-refractivity contribution in [3.05, 3.63) is 21.4 Å². The third-order valence-corrected chi connectivity index (χ3v) is 4.40. The molecule has 0 unspecified atom stereocenters. The third-order valence-electron chi connectivity index (χ3n) is 2.70. The molecule has 15 heavy (non-hydrogen) atoms. The number of hydrogen-bond acceptors (Lipinski definition) is 2. The normalized spacial score (nSPS) is 15.2. The Kier molecular flexibility index (Phi) is 3.46. The van der Waals surface area contributed by atoms with Crippen LogP contribution in [-0.2, 0) is 24.2 Å². The van der Waals surface area contributed by atoms with E-state index in [-0.39, 0.29) is 5.91 Å². The van der Waals surface area contributed by atoms with Gasteiger partial charge in [-0.05, 0) is 24.5 Å². The van der Waals surface area contributed by atoms with E-state index in [1.165, 1.54) is 15.3 Å². The fourth-order valence-corrected chi connectivity index (χ4v) is 3.74. The van der Waals surface area contributed by atoms with E-state index in [2.05, 4.69) is 22.0 Å². The van der Waals surface area contributed by atoms with Crippen molar-refractivity contribution in [1.82, 2.24) is 4.90 Å². The number of nitrogens with zero attached hydrogens (tertiary/aromatic N) is 1. The van der Waals surface area contributed by atoms with Crippen LogP contribution < -0.4 is 0 Å². The minimum absolute atomic E-state index is 0.189. The molecule has 0 saturated heterocycles. The Bertz CT molecular complexity index is 375. The van der Waals surface area contributed by atoms with Gasteiger partial charge in [-0.25, -0.2) is 0 Å². The average Bonchev–Trinajstić information content (AvgIpc) is 2.59. The van der Waals surface area contributed by atoms with E-state index in [0.717, 1.165) is 31.3 Å². The molecule has 2 heterocycles. The molecule has 1 aromatic heterocycles. The van der Waals surface area contributed by atoms with Crippen molar-refractivity contribution in [2.24, 2.45) is 0 Å². The molecule has 0 fully saturated rings. The summed E-state index contributed by atoms with van der Waals surface area (Å²) in [5.41, 5.74) is 1.36. The van der Waals surface area contributed by atoms with Gasteiger partial charge in [0.1, 0.15) is 0 Å². The molecule has 2 nitrogen and oxygen atoms in total. The van der Waals surface area contributed by atoms with Crippen LogP contribution in [0.5, 0.6) is 0 Å². The van der Waals surface area contributed by atoms with E-state index in [0.29, 0.717) is 0 Å². The molecule has 82 valence electrons. The van der Waals surface area contributed by atoms with Gasteiger partial charge >= 0.3 is 0 Å². The number of amides is 1. The van der Waals surface area contributed by atoms with Crippen LogP contribution in [0.3, 0.4) is 0 Å². The summed E-state index contributed by atoms with van der Waals surface area (Å²) in [6, 6.07) is 2.26. The van der Waals surface area contributed by atoms with E-state index in [1.807, 2.05) is 16.2 Å². The van der Waals surface area contributed by atoms with Crippen LogP contribution in [0.25, 0.3) is 0 Å². The largest absolute Gasteiger partial charge is 0.338 e. The molecular formula is C11H14BrNOS. The predicted molar refractivity (Wildman–Crippen MR) is 66.6 cm³/mol. The molecule has 1 aliphatic heterocycles. The van der Waals surface area contributed by atoms with Gasteiger partial charge in [-0.15, -0.1) is 11.3 Å². The summed E-state index contributed by atoms with van der Waals surface area (Å²) >= 11 is 5.36. The lowest BCUT2D eigenvalue weighted by molar-refractivity contribution is -0.129. The molecule has 2 rings (SSSR count). The molecule has 0 spiro atoms. The van der Waals surface area contributed by atoms with Crippen LogP contribution >= 0.6 is 27.3 Å². The Morgan fingerprint density at radius 2 is 2.47 bits per heavy atom. The zero-order valence-electron chi connectivity index (χ0n) is 8.75. The Hall–Kier alpha value is -0.350. The van der Waals surface area contributed by atoms with Gasteiger partial charge in [-0.1, -0.05) is 15.9 Å². The Balaban J connectivity index is 2.15. The summed E-state index contributed by atoms with van der Waals surface area (Å²) in [6.45, 7) is 3.34. The number of rotatable bonds is 2. The van der Waals surface area contributed by atoms with Crippen molar-refractivity contribution in [3.63, 3.8) is 0 Å². The zero-order chi connectivity index (χ0) is 10.8. The lowest BCUT2D eigenvalue weighted by Gasteiger charge is -2.25. The van der Waals surface area contributed by atoms with Gasteiger partial charge in [0.2, 0.25) is 5.91 Å². The van der Waals surface area contributed by atoms with Crippen LogP contribution in [-0.4, -0.2) is 22.7 Å². The minimum atomic E-state index is 0.189. The molecule has 1 amide bonds. The van der Waals surface area contributed by atoms with E-state index in [1.54, 1.807) is 6.92 Å². The zero-order valence-corrected chi connectivity index (χ0v) is 11.2. The molecule has 1 aromatic rings. The van der Waals surface area contributed by atoms with Crippen molar-refractivity contribution in [3.8, 4) is 0 Å². The first-order chi connectivity index (χ1) is 7.20. The molecule has 0 atom stereocenters. The summed E-state index contributed by atoms with van der Waals surface area (Å²) < 4.78 is 0. The molecule has 0 aliphatic carbocycles. The topological polar surface area (TPSA) is 20.3 Å². The third kappa shape index (κ3) is 2.42. The maximum absolute atomic E-state index is 11.3. The monoisotopic (exact) mass is 287 g/mol. The smallest absolute Gasteiger partial charge is 0.219 e. The quantitative estimate of drug-likeness (QED) is 0.766. The van der Waals surface area contributed by atoms with Gasteiger partial charge < -0.3 is 4.90 Å². The molecule has 0 N–H and O–H groups in total. The summed E-state index contributed by atoms with van der Waals surface area (Å²) in [7, 11) is 0. The summed E-state index contributed by atoms with van der Waals surface area (Å²) in [5, 5.41) is 1.02. The molecule has 1 aliphatic rings. The number of aryl methyl sites for hydroxylation is 1. The van der Waals surface area contributed by atoms with Gasteiger partial charge in [0, 0.05) is 35.1 Å². The van der Waals surface area contributed by atoms with Gasteiger partial charge in [0.05, 0.1) is 0 Å². The van der Waals surface area contributed by atoms with E-state index >= 15 is 0 Å². The van der Waals surface area contributed by atoms with Crippen LogP contribution in [0.4, 0.5) is 0 Å². The van der Waals surface area contributed by atoms with Crippen molar-refractivity contribution >= 4 is 33.2 Å². The van der Waals surface area contributed by atoms with E-state index < -0.39 is 0 Å². The molecule has 0 radical (unpaired) electrons. The van der Waals surface area contributed by atoms with Gasteiger partial charge in [-0.2, -0.15) is 0 Å². The van der Waals surface area contributed by atoms with E-state index in [4.69, 9.17) is 0 Å². The number of halogens is 1. The molecular weight excluding hydrogens is 274 g/mol. The highest BCUT2D eigenvalue weighted by atomic mass is 79.9. The molecule has 4 heteroatoms.